The van der Waals surface area contributed by atoms with E-state index in [0.717, 1.165) is 17.8 Å². The minimum atomic E-state index is -4.44. The molecule has 0 atom stereocenters. The number of anilines is 1. The van der Waals surface area contributed by atoms with Gasteiger partial charge in [0, 0.05) is 44.1 Å². The van der Waals surface area contributed by atoms with Crippen molar-refractivity contribution in [3.05, 3.63) is 54.0 Å². The molecule has 1 N–H and O–H groups in total. The summed E-state index contributed by atoms with van der Waals surface area (Å²) in [5, 5.41) is 10.9. The maximum atomic E-state index is 13.0. The van der Waals surface area contributed by atoms with Crippen LogP contribution in [0, 0.1) is 5.92 Å². The van der Waals surface area contributed by atoms with E-state index in [1.54, 1.807) is 12.4 Å². The van der Waals surface area contributed by atoms with E-state index in [0.29, 0.717) is 44.1 Å². The zero-order valence-corrected chi connectivity index (χ0v) is 15.4. The number of amides is 1. The van der Waals surface area contributed by atoms with Crippen LogP contribution in [-0.4, -0.2) is 38.6 Å². The Morgan fingerprint density at radius 3 is 2.66 bits per heavy atom. The van der Waals surface area contributed by atoms with E-state index in [-0.39, 0.29) is 11.8 Å². The number of carbonyl (C=O) groups excluding carboxylic acids is 1. The lowest BCUT2D eigenvalue weighted by Crippen LogP contribution is -2.41. The average molecular weight is 404 g/mol. The van der Waals surface area contributed by atoms with Crippen LogP contribution in [0.25, 0.3) is 5.65 Å². The van der Waals surface area contributed by atoms with E-state index in [9.17, 15) is 18.0 Å². The van der Waals surface area contributed by atoms with Gasteiger partial charge in [0.05, 0.1) is 5.56 Å². The fourth-order valence-electron chi connectivity index (χ4n) is 3.44. The average Bonchev–Trinajstić information content (AvgIpc) is 3.15. The van der Waals surface area contributed by atoms with E-state index < -0.39 is 11.7 Å². The van der Waals surface area contributed by atoms with Crippen molar-refractivity contribution in [3.8, 4) is 0 Å². The fourth-order valence-corrected chi connectivity index (χ4v) is 3.44. The summed E-state index contributed by atoms with van der Waals surface area (Å²) in [6.07, 6.45) is 1.13. The lowest BCUT2D eigenvalue weighted by molar-refractivity contribution is -0.137. The zero-order valence-electron chi connectivity index (χ0n) is 15.4. The zero-order chi connectivity index (χ0) is 20.4. The second kappa shape index (κ2) is 7.69. The first kappa shape index (κ1) is 19.2. The maximum absolute atomic E-state index is 13.0. The number of pyridine rings is 2. The van der Waals surface area contributed by atoms with Crippen molar-refractivity contribution in [2.45, 2.75) is 25.6 Å². The van der Waals surface area contributed by atoms with Gasteiger partial charge >= 0.3 is 6.18 Å². The second-order valence-corrected chi connectivity index (χ2v) is 6.98. The molecule has 152 valence electrons. The Balaban J connectivity index is 1.40. The summed E-state index contributed by atoms with van der Waals surface area (Å²) in [7, 11) is 0. The number of nitrogens with zero attached hydrogens (tertiary/aromatic N) is 5. The van der Waals surface area contributed by atoms with Gasteiger partial charge in [-0.25, -0.2) is 0 Å². The summed E-state index contributed by atoms with van der Waals surface area (Å²) < 4.78 is 40.4. The van der Waals surface area contributed by atoms with Crippen LogP contribution in [0.15, 0.2) is 42.9 Å². The molecule has 0 spiro atoms. The number of carbonyl (C=O) groups is 1. The predicted molar refractivity (Wildman–Crippen MR) is 99.0 cm³/mol. The number of rotatable bonds is 4. The molecular weight excluding hydrogens is 385 g/mol. The number of piperidine rings is 1. The van der Waals surface area contributed by atoms with Crippen molar-refractivity contribution in [2.75, 3.05) is 18.0 Å². The van der Waals surface area contributed by atoms with E-state index in [1.807, 2.05) is 17.0 Å². The number of aromatic nitrogens is 4. The molecule has 0 unspecified atom stereocenters. The summed E-state index contributed by atoms with van der Waals surface area (Å²) in [5.74, 6) is 0.187. The van der Waals surface area contributed by atoms with E-state index in [2.05, 4.69) is 20.5 Å². The largest absolute Gasteiger partial charge is 0.417 e. The summed E-state index contributed by atoms with van der Waals surface area (Å²) in [4.78, 5) is 18.3. The van der Waals surface area contributed by atoms with Gasteiger partial charge in [0.15, 0.2) is 5.65 Å². The molecule has 0 aromatic carbocycles. The third kappa shape index (κ3) is 4.15. The summed E-state index contributed by atoms with van der Waals surface area (Å²) in [6, 6.07) is 6.00. The third-order valence-corrected chi connectivity index (χ3v) is 5.05. The lowest BCUT2D eigenvalue weighted by atomic mass is 9.96. The van der Waals surface area contributed by atoms with Crippen molar-refractivity contribution in [3.63, 3.8) is 0 Å². The highest BCUT2D eigenvalue weighted by atomic mass is 19.4. The number of hydrogen-bond donors (Lipinski definition) is 1. The van der Waals surface area contributed by atoms with Crippen LogP contribution in [0.2, 0.25) is 0 Å². The Bertz CT molecular complexity index is 996. The van der Waals surface area contributed by atoms with E-state index in [4.69, 9.17) is 0 Å². The fraction of sp³-hybridized carbons (Fsp3) is 0.368. The van der Waals surface area contributed by atoms with Crippen molar-refractivity contribution >= 4 is 17.5 Å². The number of alkyl halides is 3. The highest BCUT2D eigenvalue weighted by Gasteiger charge is 2.32. The Morgan fingerprint density at radius 2 is 1.97 bits per heavy atom. The van der Waals surface area contributed by atoms with Crippen LogP contribution in [0.1, 0.15) is 24.0 Å². The molecule has 4 rings (SSSR count). The Labute approximate surface area is 164 Å². The molecule has 0 bridgehead atoms. The van der Waals surface area contributed by atoms with Gasteiger partial charge in [-0.15, -0.1) is 10.2 Å². The van der Waals surface area contributed by atoms with Gasteiger partial charge < -0.3 is 10.2 Å². The molecule has 29 heavy (non-hydrogen) atoms. The van der Waals surface area contributed by atoms with Gasteiger partial charge in [-0.1, -0.05) is 6.07 Å². The van der Waals surface area contributed by atoms with Crippen molar-refractivity contribution in [1.82, 2.24) is 24.9 Å². The third-order valence-electron chi connectivity index (χ3n) is 5.05. The first-order valence-corrected chi connectivity index (χ1v) is 9.25. The van der Waals surface area contributed by atoms with Crippen molar-refractivity contribution in [2.24, 2.45) is 5.92 Å². The summed E-state index contributed by atoms with van der Waals surface area (Å²) in [5.41, 5.74) is 0.522. The topological polar surface area (TPSA) is 75.4 Å². The van der Waals surface area contributed by atoms with Crippen LogP contribution in [0.4, 0.5) is 19.1 Å². The highest BCUT2D eigenvalue weighted by Crippen LogP contribution is 2.30. The molecule has 1 fully saturated rings. The molecule has 0 aliphatic carbocycles. The first-order chi connectivity index (χ1) is 13.9. The maximum Gasteiger partial charge on any atom is 0.417 e. The normalized spacial score (nSPS) is 15.6. The molecule has 0 radical (unpaired) electrons. The smallest absolute Gasteiger partial charge is 0.352 e. The van der Waals surface area contributed by atoms with Gasteiger partial charge in [-0.2, -0.15) is 13.2 Å². The number of halogens is 3. The molecule has 4 heterocycles. The van der Waals surface area contributed by atoms with Gasteiger partial charge in [-0.05, 0) is 36.6 Å². The molecule has 3 aromatic heterocycles. The van der Waals surface area contributed by atoms with Gasteiger partial charge in [0.2, 0.25) is 11.9 Å². The Hall–Kier alpha value is -3.17. The minimum absolute atomic E-state index is 0.0287. The van der Waals surface area contributed by atoms with Crippen LogP contribution >= 0.6 is 0 Å². The Kier molecular flexibility index (Phi) is 5.08. The summed E-state index contributed by atoms with van der Waals surface area (Å²) >= 11 is 0. The molecule has 0 saturated carbocycles. The first-order valence-electron chi connectivity index (χ1n) is 9.25. The van der Waals surface area contributed by atoms with Gasteiger partial charge in [0.25, 0.3) is 0 Å². The van der Waals surface area contributed by atoms with Crippen LogP contribution < -0.4 is 10.2 Å². The molecule has 1 aliphatic rings. The monoisotopic (exact) mass is 404 g/mol. The molecule has 1 aliphatic heterocycles. The highest BCUT2D eigenvalue weighted by molar-refractivity contribution is 5.78. The Morgan fingerprint density at radius 1 is 1.17 bits per heavy atom. The molecule has 1 amide bonds. The molecular formula is C19H19F3N6O. The molecule has 10 heteroatoms. The number of nitrogens with one attached hydrogen (secondary N) is 1. The molecule has 3 aromatic rings. The van der Waals surface area contributed by atoms with Crippen LogP contribution in [-0.2, 0) is 17.5 Å². The SMILES string of the molecule is O=C(NCc1cccnc1)C1CCN(c2nnc3ccc(C(F)(F)F)cn23)CC1. The second-order valence-electron chi connectivity index (χ2n) is 6.98. The molecule has 1 saturated heterocycles. The number of fused-ring (bicyclic) bond motifs is 1. The lowest BCUT2D eigenvalue weighted by Gasteiger charge is -2.31. The van der Waals surface area contributed by atoms with Crippen molar-refractivity contribution < 1.29 is 18.0 Å². The molecule has 7 nitrogen and oxygen atoms in total. The van der Waals surface area contributed by atoms with Crippen LogP contribution in [0.5, 0.6) is 0 Å². The van der Waals surface area contributed by atoms with Gasteiger partial charge in [-0.3, -0.25) is 14.2 Å². The number of hydrogen-bond acceptors (Lipinski definition) is 5. The minimum Gasteiger partial charge on any atom is -0.352 e. The van der Waals surface area contributed by atoms with Crippen LogP contribution in [0.3, 0.4) is 0 Å². The quantitative estimate of drug-likeness (QED) is 0.724. The van der Waals surface area contributed by atoms with Crippen molar-refractivity contribution in [1.29, 1.82) is 0 Å². The van der Waals surface area contributed by atoms with E-state index >= 15 is 0 Å². The summed E-state index contributed by atoms with van der Waals surface area (Å²) in [6.45, 7) is 1.45. The van der Waals surface area contributed by atoms with Gasteiger partial charge in [0.1, 0.15) is 0 Å². The van der Waals surface area contributed by atoms with E-state index in [1.165, 1.54) is 10.5 Å². The predicted octanol–water partition coefficient (Wildman–Crippen LogP) is 2.68. The standard InChI is InChI=1S/C19H19F3N6O/c20-19(21,22)15-3-4-16-25-26-18(28(16)12-15)27-8-5-14(6-9-27)17(29)24-11-13-2-1-7-23-10-13/h1-4,7,10,12,14H,5-6,8-9,11H2,(H,24,29).